The number of amides is 1. The molecule has 0 aromatic heterocycles. The van der Waals surface area contributed by atoms with Crippen molar-refractivity contribution in [3.05, 3.63) is 53.6 Å². The highest BCUT2D eigenvalue weighted by molar-refractivity contribution is 6.06. The van der Waals surface area contributed by atoms with E-state index in [0.717, 1.165) is 5.56 Å². The standard InChI is InChI=1S/C16H18N2O2/c1-3-20-15-7-5-4-6-14(15)18-16(19)13-10-12(17)9-8-11(13)2/h4-10H,3,17H2,1-2H3,(H,18,19). The van der Waals surface area contributed by atoms with E-state index in [-0.39, 0.29) is 5.91 Å². The van der Waals surface area contributed by atoms with E-state index in [1.165, 1.54) is 0 Å². The summed E-state index contributed by atoms with van der Waals surface area (Å²) >= 11 is 0. The van der Waals surface area contributed by atoms with Crippen molar-refractivity contribution in [1.82, 2.24) is 0 Å². The molecule has 0 atom stereocenters. The largest absolute Gasteiger partial charge is 0.492 e. The molecule has 0 unspecified atom stereocenters. The molecule has 0 radical (unpaired) electrons. The molecule has 2 rings (SSSR count). The van der Waals surface area contributed by atoms with Gasteiger partial charge in [0.05, 0.1) is 12.3 Å². The van der Waals surface area contributed by atoms with Gasteiger partial charge in [0.15, 0.2) is 0 Å². The highest BCUT2D eigenvalue weighted by Gasteiger charge is 2.12. The molecule has 0 aliphatic heterocycles. The lowest BCUT2D eigenvalue weighted by Crippen LogP contribution is -2.14. The average molecular weight is 270 g/mol. The second-order valence-corrected chi connectivity index (χ2v) is 4.46. The minimum Gasteiger partial charge on any atom is -0.492 e. The van der Waals surface area contributed by atoms with E-state index < -0.39 is 0 Å². The average Bonchev–Trinajstić information content (AvgIpc) is 2.44. The Hall–Kier alpha value is -2.49. The lowest BCUT2D eigenvalue weighted by molar-refractivity contribution is 0.102. The first-order valence-electron chi connectivity index (χ1n) is 6.51. The predicted molar refractivity (Wildman–Crippen MR) is 81.2 cm³/mol. The van der Waals surface area contributed by atoms with Gasteiger partial charge in [-0.2, -0.15) is 0 Å². The lowest BCUT2D eigenvalue weighted by atomic mass is 10.1. The van der Waals surface area contributed by atoms with Gasteiger partial charge in [0, 0.05) is 11.3 Å². The molecule has 1 amide bonds. The quantitative estimate of drug-likeness (QED) is 0.838. The first-order valence-corrected chi connectivity index (χ1v) is 6.51. The zero-order valence-electron chi connectivity index (χ0n) is 11.6. The Morgan fingerprint density at radius 1 is 1.25 bits per heavy atom. The number of para-hydroxylation sites is 2. The van der Waals surface area contributed by atoms with Gasteiger partial charge < -0.3 is 15.8 Å². The second-order valence-electron chi connectivity index (χ2n) is 4.46. The van der Waals surface area contributed by atoms with Crippen molar-refractivity contribution >= 4 is 17.3 Å². The minimum absolute atomic E-state index is 0.193. The third kappa shape index (κ3) is 3.09. The van der Waals surface area contributed by atoms with Crippen LogP contribution in [0, 0.1) is 6.92 Å². The number of anilines is 2. The number of benzene rings is 2. The fraction of sp³-hybridized carbons (Fsp3) is 0.188. The number of nitrogen functional groups attached to an aromatic ring is 1. The Morgan fingerprint density at radius 2 is 2.00 bits per heavy atom. The van der Waals surface area contributed by atoms with Crippen LogP contribution in [0.5, 0.6) is 5.75 Å². The van der Waals surface area contributed by atoms with Crippen molar-refractivity contribution in [1.29, 1.82) is 0 Å². The molecular weight excluding hydrogens is 252 g/mol. The Labute approximate surface area is 118 Å². The number of ether oxygens (including phenoxy) is 1. The van der Waals surface area contributed by atoms with Crippen molar-refractivity contribution in [3.63, 3.8) is 0 Å². The molecule has 0 fully saturated rings. The SMILES string of the molecule is CCOc1ccccc1NC(=O)c1cc(N)ccc1C. The topological polar surface area (TPSA) is 64.3 Å². The number of carbonyl (C=O) groups excluding carboxylic acids is 1. The van der Waals surface area contributed by atoms with Gasteiger partial charge in [-0.25, -0.2) is 0 Å². The summed E-state index contributed by atoms with van der Waals surface area (Å²) in [5.41, 5.74) is 8.40. The number of hydrogen-bond donors (Lipinski definition) is 2. The molecule has 20 heavy (non-hydrogen) atoms. The number of nitrogens with one attached hydrogen (secondary N) is 1. The van der Waals surface area contributed by atoms with Gasteiger partial charge in [-0.05, 0) is 43.7 Å². The third-order valence-electron chi connectivity index (χ3n) is 2.94. The molecule has 4 nitrogen and oxygen atoms in total. The number of nitrogens with two attached hydrogens (primary N) is 1. The normalized spacial score (nSPS) is 10.1. The zero-order chi connectivity index (χ0) is 14.5. The van der Waals surface area contributed by atoms with Crippen molar-refractivity contribution in [2.24, 2.45) is 0 Å². The highest BCUT2D eigenvalue weighted by Crippen LogP contribution is 2.25. The minimum atomic E-state index is -0.193. The van der Waals surface area contributed by atoms with Crippen LogP contribution in [0.3, 0.4) is 0 Å². The first kappa shape index (κ1) is 13.9. The van der Waals surface area contributed by atoms with Gasteiger partial charge in [-0.1, -0.05) is 18.2 Å². The molecule has 0 saturated carbocycles. The van der Waals surface area contributed by atoms with E-state index >= 15 is 0 Å². The van der Waals surface area contributed by atoms with Crippen molar-refractivity contribution in [2.75, 3.05) is 17.7 Å². The van der Waals surface area contributed by atoms with Crippen LogP contribution < -0.4 is 15.8 Å². The maximum absolute atomic E-state index is 12.3. The molecule has 0 aliphatic carbocycles. The van der Waals surface area contributed by atoms with Crippen LogP contribution in [0.1, 0.15) is 22.8 Å². The van der Waals surface area contributed by atoms with E-state index in [1.54, 1.807) is 12.1 Å². The lowest BCUT2D eigenvalue weighted by Gasteiger charge is -2.12. The Bertz CT molecular complexity index is 624. The molecular formula is C16H18N2O2. The molecule has 0 spiro atoms. The van der Waals surface area contributed by atoms with Crippen molar-refractivity contribution in [3.8, 4) is 5.75 Å². The van der Waals surface area contributed by atoms with Gasteiger partial charge >= 0.3 is 0 Å². The van der Waals surface area contributed by atoms with Gasteiger partial charge in [-0.15, -0.1) is 0 Å². The molecule has 0 aliphatic rings. The summed E-state index contributed by atoms with van der Waals surface area (Å²) in [6.07, 6.45) is 0. The first-order chi connectivity index (χ1) is 9.61. The molecule has 104 valence electrons. The molecule has 3 N–H and O–H groups in total. The van der Waals surface area contributed by atoms with Crippen LogP contribution in [0.2, 0.25) is 0 Å². The molecule has 2 aromatic carbocycles. The smallest absolute Gasteiger partial charge is 0.256 e. The van der Waals surface area contributed by atoms with E-state index in [4.69, 9.17) is 10.5 Å². The summed E-state index contributed by atoms with van der Waals surface area (Å²) in [5.74, 6) is 0.465. The number of carbonyl (C=O) groups is 1. The fourth-order valence-electron chi connectivity index (χ4n) is 1.93. The van der Waals surface area contributed by atoms with Gasteiger partial charge in [0.1, 0.15) is 5.75 Å². The molecule has 2 aromatic rings. The van der Waals surface area contributed by atoms with Crippen molar-refractivity contribution < 1.29 is 9.53 Å². The Balaban J connectivity index is 2.26. The number of hydrogen-bond acceptors (Lipinski definition) is 3. The summed E-state index contributed by atoms with van der Waals surface area (Å²) < 4.78 is 5.49. The summed E-state index contributed by atoms with van der Waals surface area (Å²) in [7, 11) is 0. The Morgan fingerprint density at radius 3 is 2.75 bits per heavy atom. The number of rotatable bonds is 4. The van der Waals surface area contributed by atoms with Crippen LogP contribution in [0.25, 0.3) is 0 Å². The van der Waals surface area contributed by atoms with E-state index in [0.29, 0.717) is 29.3 Å². The van der Waals surface area contributed by atoms with Crippen LogP contribution in [-0.2, 0) is 0 Å². The van der Waals surface area contributed by atoms with Crippen molar-refractivity contribution in [2.45, 2.75) is 13.8 Å². The number of aryl methyl sites for hydroxylation is 1. The monoisotopic (exact) mass is 270 g/mol. The zero-order valence-corrected chi connectivity index (χ0v) is 11.6. The maximum atomic E-state index is 12.3. The summed E-state index contributed by atoms with van der Waals surface area (Å²) in [5, 5.41) is 2.86. The summed E-state index contributed by atoms with van der Waals surface area (Å²) in [4.78, 5) is 12.3. The van der Waals surface area contributed by atoms with Crippen LogP contribution in [0.15, 0.2) is 42.5 Å². The highest BCUT2D eigenvalue weighted by atomic mass is 16.5. The summed E-state index contributed by atoms with van der Waals surface area (Å²) in [6.45, 7) is 4.33. The van der Waals surface area contributed by atoms with E-state index in [1.807, 2.05) is 44.2 Å². The van der Waals surface area contributed by atoms with Crippen LogP contribution in [0.4, 0.5) is 11.4 Å². The van der Waals surface area contributed by atoms with Crippen LogP contribution >= 0.6 is 0 Å². The van der Waals surface area contributed by atoms with E-state index in [9.17, 15) is 4.79 Å². The third-order valence-corrected chi connectivity index (χ3v) is 2.94. The fourth-order valence-corrected chi connectivity index (χ4v) is 1.93. The second kappa shape index (κ2) is 6.10. The summed E-state index contributed by atoms with van der Waals surface area (Å²) in [6, 6.07) is 12.6. The molecule has 0 bridgehead atoms. The Kier molecular flexibility index (Phi) is 4.25. The van der Waals surface area contributed by atoms with Gasteiger partial charge in [0.25, 0.3) is 5.91 Å². The van der Waals surface area contributed by atoms with Crippen LogP contribution in [-0.4, -0.2) is 12.5 Å². The predicted octanol–water partition coefficient (Wildman–Crippen LogP) is 3.23. The molecule has 0 saturated heterocycles. The van der Waals surface area contributed by atoms with Gasteiger partial charge in [0.2, 0.25) is 0 Å². The maximum Gasteiger partial charge on any atom is 0.256 e. The molecule has 4 heteroatoms. The van der Waals surface area contributed by atoms with E-state index in [2.05, 4.69) is 5.32 Å². The molecule has 0 heterocycles. The van der Waals surface area contributed by atoms with Gasteiger partial charge in [-0.3, -0.25) is 4.79 Å².